The Morgan fingerprint density at radius 2 is 1.69 bits per heavy atom. The molecule has 0 amide bonds. The third kappa shape index (κ3) is 2.82. The van der Waals surface area contributed by atoms with Gasteiger partial charge in [0.1, 0.15) is 17.2 Å². The molecule has 4 rings (SSSR count). The maximum atomic E-state index is 12.7. The Hall–Kier alpha value is -3.53. The van der Waals surface area contributed by atoms with E-state index >= 15 is 0 Å². The number of ketones is 1. The van der Waals surface area contributed by atoms with Crippen molar-refractivity contribution in [2.45, 2.75) is 0 Å². The molecule has 3 aromatic rings. The number of allylic oxidation sites excluding steroid dienone is 1. The van der Waals surface area contributed by atoms with E-state index in [-0.39, 0.29) is 17.3 Å². The molecule has 0 aliphatic carbocycles. The van der Waals surface area contributed by atoms with E-state index in [9.17, 15) is 9.90 Å². The van der Waals surface area contributed by atoms with E-state index in [0.29, 0.717) is 16.9 Å². The lowest BCUT2D eigenvalue weighted by atomic mass is 9.99. The molecule has 1 aliphatic rings. The molecule has 0 unspecified atom stereocenters. The van der Waals surface area contributed by atoms with Crippen LogP contribution in [0.25, 0.3) is 17.2 Å². The van der Waals surface area contributed by atoms with Crippen LogP contribution in [0.4, 0.5) is 0 Å². The maximum absolute atomic E-state index is 12.7. The highest BCUT2D eigenvalue weighted by molar-refractivity contribution is 6.15. The molecule has 0 spiro atoms. The molecule has 0 saturated heterocycles. The van der Waals surface area contributed by atoms with Gasteiger partial charge in [0.05, 0.1) is 12.7 Å². The Morgan fingerprint density at radius 1 is 0.962 bits per heavy atom. The normalized spacial score (nSPS) is 14.2. The number of fused-ring (bicyclic) bond motifs is 1. The average molecular weight is 344 g/mol. The van der Waals surface area contributed by atoms with Crippen molar-refractivity contribution in [1.29, 1.82) is 0 Å². The molecule has 0 aromatic heterocycles. The van der Waals surface area contributed by atoms with Crippen LogP contribution < -0.4 is 9.47 Å². The third-order valence-corrected chi connectivity index (χ3v) is 4.28. The number of ether oxygens (including phenoxy) is 2. The topological polar surface area (TPSA) is 55.8 Å². The lowest BCUT2D eigenvalue weighted by Gasteiger charge is -2.08. The van der Waals surface area contributed by atoms with Gasteiger partial charge in [0.25, 0.3) is 0 Å². The Labute approximate surface area is 150 Å². The highest BCUT2D eigenvalue weighted by Gasteiger charge is 2.29. The first kappa shape index (κ1) is 16.0. The summed E-state index contributed by atoms with van der Waals surface area (Å²) in [6, 6.07) is 19.9. The van der Waals surface area contributed by atoms with Crippen molar-refractivity contribution in [3.8, 4) is 28.4 Å². The summed E-state index contributed by atoms with van der Waals surface area (Å²) in [5.74, 6) is 1.20. The van der Waals surface area contributed by atoms with Gasteiger partial charge in [-0.15, -0.1) is 0 Å². The molecule has 3 aromatic carbocycles. The van der Waals surface area contributed by atoms with Gasteiger partial charge in [-0.25, -0.2) is 0 Å². The predicted molar refractivity (Wildman–Crippen MR) is 99.5 cm³/mol. The van der Waals surface area contributed by atoms with Crippen LogP contribution in [0.1, 0.15) is 15.9 Å². The van der Waals surface area contributed by atoms with Gasteiger partial charge in [-0.1, -0.05) is 42.5 Å². The number of rotatable bonds is 3. The first-order valence-corrected chi connectivity index (χ1v) is 8.16. The zero-order valence-electron chi connectivity index (χ0n) is 14.1. The number of aromatic hydroxyl groups is 1. The number of carbonyl (C=O) groups is 1. The average Bonchev–Trinajstić information content (AvgIpc) is 2.96. The zero-order valence-corrected chi connectivity index (χ0v) is 14.1. The van der Waals surface area contributed by atoms with Crippen LogP contribution in [0, 0.1) is 0 Å². The van der Waals surface area contributed by atoms with Crippen molar-refractivity contribution in [3.63, 3.8) is 0 Å². The molecule has 0 bridgehead atoms. The molecule has 1 N–H and O–H groups in total. The van der Waals surface area contributed by atoms with Crippen LogP contribution in [0.2, 0.25) is 0 Å². The fourth-order valence-corrected chi connectivity index (χ4v) is 2.93. The first-order valence-electron chi connectivity index (χ1n) is 8.16. The second-order valence-corrected chi connectivity index (χ2v) is 5.94. The van der Waals surface area contributed by atoms with Gasteiger partial charge in [-0.05, 0) is 35.4 Å². The Balaban J connectivity index is 1.72. The molecule has 4 heteroatoms. The molecule has 0 atom stereocenters. The summed E-state index contributed by atoms with van der Waals surface area (Å²) >= 11 is 0. The first-order chi connectivity index (χ1) is 12.7. The van der Waals surface area contributed by atoms with E-state index in [4.69, 9.17) is 9.47 Å². The highest BCUT2D eigenvalue weighted by Crippen LogP contribution is 2.40. The zero-order chi connectivity index (χ0) is 18.1. The summed E-state index contributed by atoms with van der Waals surface area (Å²) in [5, 5.41) is 10.4. The minimum absolute atomic E-state index is 0.0580. The maximum Gasteiger partial charge on any atom is 0.231 e. The number of phenols is 1. The fourth-order valence-electron chi connectivity index (χ4n) is 2.93. The van der Waals surface area contributed by atoms with E-state index in [1.165, 1.54) is 6.07 Å². The lowest BCUT2D eigenvalue weighted by molar-refractivity contribution is 0.101. The fraction of sp³-hybridized carbons (Fsp3) is 0.0455. The second kappa shape index (κ2) is 6.41. The van der Waals surface area contributed by atoms with Gasteiger partial charge in [-0.3, -0.25) is 4.79 Å². The Bertz CT molecular complexity index is 1000. The van der Waals surface area contributed by atoms with Gasteiger partial charge in [0.2, 0.25) is 5.78 Å². The van der Waals surface area contributed by atoms with Crippen LogP contribution in [0.5, 0.6) is 17.2 Å². The van der Waals surface area contributed by atoms with Crippen molar-refractivity contribution in [2.75, 3.05) is 7.11 Å². The second-order valence-electron chi connectivity index (χ2n) is 5.94. The quantitative estimate of drug-likeness (QED) is 0.701. The number of carbonyl (C=O) groups excluding carboxylic acids is 1. The van der Waals surface area contributed by atoms with E-state index < -0.39 is 0 Å². The van der Waals surface area contributed by atoms with Crippen LogP contribution in [-0.2, 0) is 0 Å². The number of phenolic OH excluding ortho intramolecular Hbond substituents is 1. The van der Waals surface area contributed by atoms with Gasteiger partial charge in [-0.2, -0.15) is 0 Å². The van der Waals surface area contributed by atoms with Gasteiger partial charge in [0.15, 0.2) is 5.76 Å². The minimum atomic E-state index is -0.196. The van der Waals surface area contributed by atoms with Crippen LogP contribution >= 0.6 is 0 Å². The largest absolute Gasteiger partial charge is 0.507 e. The van der Waals surface area contributed by atoms with E-state index in [2.05, 4.69) is 0 Å². The number of methoxy groups -OCH3 is 1. The molecule has 4 nitrogen and oxygen atoms in total. The number of hydrogen-bond donors (Lipinski definition) is 1. The highest BCUT2D eigenvalue weighted by atomic mass is 16.5. The molecular formula is C22H16O4. The molecule has 128 valence electrons. The standard InChI is InChI=1S/C22H16O4/c1-25-16-9-7-15(8-10-16)17-12-18-20(13-19(17)23)26-21(22(18)24)11-14-5-3-2-4-6-14/h2-13,23H,1H3/b21-11-. The third-order valence-electron chi connectivity index (χ3n) is 4.28. The van der Waals surface area contributed by atoms with Crippen LogP contribution in [0.15, 0.2) is 72.5 Å². The molecular weight excluding hydrogens is 328 g/mol. The summed E-state index contributed by atoms with van der Waals surface area (Å²) in [6.45, 7) is 0. The van der Waals surface area contributed by atoms with Gasteiger partial charge < -0.3 is 14.6 Å². The molecule has 26 heavy (non-hydrogen) atoms. The van der Waals surface area contributed by atoms with Crippen molar-refractivity contribution in [2.24, 2.45) is 0 Å². The minimum Gasteiger partial charge on any atom is -0.507 e. The smallest absolute Gasteiger partial charge is 0.231 e. The summed E-state index contributed by atoms with van der Waals surface area (Å²) in [7, 11) is 1.60. The Morgan fingerprint density at radius 3 is 2.38 bits per heavy atom. The van der Waals surface area contributed by atoms with Crippen molar-refractivity contribution >= 4 is 11.9 Å². The van der Waals surface area contributed by atoms with E-state index in [0.717, 1.165) is 16.9 Å². The lowest BCUT2D eigenvalue weighted by Crippen LogP contribution is -1.98. The molecule has 1 heterocycles. The Kier molecular flexibility index (Phi) is 3.93. The summed E-state index contributed by atoms with van der Waals surface area (Å²) in [5.41, 5.74) is 2.68. The van der Waals surface area contributed by atoms with Gasteiger partial charge >= 0.3 is 0 Å². The SMILES string of the molecule is COc1ccc(-c2cc3c(cc2O)O/C(=C\c2ccccc2)C3=O)cc1. The summed E-state index contributed by atoms with van der Waals surface area (Å²) in [6.07, 6.45) is 1.70. The summed E-state index contributed by atoms with van der Waals surface area (Å²) in [4.78, 5) is 12.7. The number of benzene rings is 3. The summed E-state index contributed by atoms with van der Waals surface area (Å²) < 4.78 is 10.8. The molecule has 0 fully saturated rings. The monoisotopic (exact) mass is 344 g/mol. The van der Waals surface area contributed by atoms with Gasteiger partial charge in [0, 0.05) is 11.6 Å². The predicted octanol–water partition coefficient (Wildman–Crippen LogP) is 4.68. The van der Waals surface area contributed by atoms with E-state index in [1.54, 1.807) is 31.4 Å². The van der Waals surface area contributed by atoms with Crippen molar-refractivity contribution < 1.29 is 19.4 Å². The van der Waals surface area contributed by atoms with E-state index in [1.807, 2.05) is 42.5 Å². The number of hydrogen-bond acceptors (Lipinski definition) is 4. The molecule has 1 aliphatic heterocycles. The molecule has 0 saturated carbocycles. The van der Waals surface area contributed by atoms with Crippen molar-refractivity contribution in [1.82, 2.24) is 0 Å². The number of Topliss-reactive ketones (excluding diaryl/α,β-unsaturated/α-hetero) is 1. The molecule has 0 radical (unpaired) electrons. The van der Waals surface area contributed by atoms with Crippen LogP contribution in [0.3, 0.4) is 0 Å². The van der Waals surface area contributed by atoms with Crippen molar-refractivity contribution in [3.05, 3.63) is 83.6 Å². The van der Waals surface area contributed by atoms with Crippen LogP contribution in [-0.4, -0.2) is 18.0 Å².